The third kappa shape index (κ3) is 3.70. The Labute approximate surface area is 140 Å². The molecule has 0 saturated carbocycles. The molecule has 23 heavy (non-hydrogen) atoms. The van der Waals surface area contributed by atoms with Crippen LogP contribution in [0, 0.1) is 0 Å². The van der Waals surface area contributed by atoms with Crippen LogP contribution >= 0.6 is 0 Å². The van der Waals surface area contributed by atoms with E-state index in [-0.39, 0.29) is 0 Å². The number of piperazine rings is 1. The van der Waals surface area contributed by atoms with Crippen LogP contribution in [0.3, 0.4) is 0 Å². The second-order valence-electron chi connectivity index (χ2n) is 6.67. The summed E-state index contributed by atoms with van der Waals surface area (Å²) in [5.41, 5.74) is 4.35. The second-order valence-corrected chi connectivity index (χ2v) is 6.67. The highest BCUT2D eigenvalue weighted by atomic mass is 16.5. The number of hydrogen-bond acceptors (Lipinski definition) is 4. The van der Waals surface area contributed by atoms with Crippen LogP contribution in [0.1, 0.15) is 43.5 Å². The summed E-state index contributed by atoms with van der Waals surface area (Å²) in [5.74, 6) is 1.09. The average molecular weight is 317 g/mol. The molecule has 128 valence electrons. The Balaban J connectivity index is 1.87. The largest absolute Gasteiger partial charge is 0.494 e. The minimum Gasteiger partial charge on any atom is -0.494 e. The van der Waals surface area contributed by atoms with Crippen molar-refractivity contribution in [1.82, 2.24) is 15.1 Å². The molecule has 1 fully saturated rings. The van der Waals surface area contributed by atoms with Gasteiger partial charge in [-0.2, -0.15) is 0 Å². The zero-order chi connectivity index (χ0) is 16.2. The fourth-order valence-corrected chi connectivity index (χ4v) is 3.91. The third-order valence-corrected chi connectivity index (χ3v) is 5.30. The SMILES string of the molecule is CCOc1cc2c(cc1CN1CCNCC1)CCN(CC)C2C. The standard InChI is InChI=1S/C19H31N3O/c1-4-22-9-6-16-12-17(14-21-10-7-20-8-11-21)19(23-5-2)13-18(16)15(22)3/h12-13,15,20H,4-11,14H2,1-3H3. The molecule has 2 heterocycles. The van der Waals surface area contributed by atoms with E-state index in [9.17, 15) is 0 Å². The molecule has 2 aliphatic heterocycles. The molecule has 0 bridgehead atoms. The maximum Gasteiger partial charge on any atom is 0.124 e. The van der Waals surface area contributed by atoms with Crippen molar-refractivity contribution in [3.05, 3.63) is 28.8 Å². The van der Waals surface area contributed by atoms with E-state index in [1.54, 1.807) is 0 Å². The summed E-state index contributed by atoms with van der Waals surface area (Å²) >= 11 is 0. The summed E-state index contributed by atoms with van der Waals surface area (Å²) in [6, 6.07) is 5.24. The number of likely N-dealkylation sites (N-methyl/N-ethyl adjacent to an activating group) is 1. The molecule has 0 amide bonds. The van der Waals surface area contributed by atoms with Crippen LogP contribution in [0.4, 0.5) is 0 Å². The van der Waals surface area contributed by atoms with E-state index < -0.39 is 0 Å². The van der Waals surface area contributed by atoms with Crippen LogP contribution in [0.15, 0.2) is 12.1 Å². The first kappa shape index (κ1) is 16.7. The number of benzene rings is 1. The summed E-state index contributed by atoms with van der Waals surface area (Å²) in [5, 5.41) is 3.43. The molecule has 0 aromatic heterocycles. The quantitative estimate of drug-likeness (QED) is 0.903. The smallest absolute Gasteiger partial charge is 0.124 e. The summed E-state index contributed by atoms with van der Waals surface area (Å²) < 4.78 is 6.00. The molecule has 1 aromatic rings. The molecule has 0 aliphatic carbocycles. The van der Waals surface area contributed by atoms with Gasteiger partial charge in [0.25, 0.3) is 0 Å². The molecular weight excluding hydrogens is 286 g/mol. The lowest BCUT2D eigenvalue weighted by atomic mass is 9.91. The fraction of sp³-hybridized carbons (Fsp3) is 0.684. The zero-order valence-electron chi connectivity index (χ0n) is 14.9. The molecule has 1 saturated heterocycles. The number of nitrogens with one attached hydrogen (secondary N) is 1. The highest BCUT2D eigenvalue weighted by Crippen LogP contribution is 2.35. The molecule has 3 rings (SSSR count). The number of rotatable bonds is 5. The number of nitrogens with zero attached hydrogens (tertiary/aromatic N) is 2. The van der Waals surface area contributed by atoms with Crippen molar-refractivity contribution in [2.45, 2.75) is 39.8 Å². The van der Waals surface area contributed by atoms with Crippen molar-refractivity contribution in [2.75, 3.05) is 45.9 Å². The minimum absolute atomic E-state index is 0.496. The monoisotopic (exact) mass is 317 g/mol. The normalized spacial score (nSPS) is 22.8. The molecular formula is C19H31N3O. The first-order valence-corrected chi connectivity index (χ1v) is 9.18. The van der Waals surface area contributed by atoms with Crippen molar-refractivity contribution >= 4 is 0 Å². The van der Waals surface area contributed by atoms with Crippen LogP contribution in [-0.2, 0) is 13.0 Å². The van der Waals surface area contributed by atoms with Gasteiger partial charge in [0.1, 0.15) is 5.75 Å². The van der Waals surface area contributed by atoms with Crippen LogP contribution < -0.4 is 10.1 Å². The van der Waals surface area contributed by atoms with Gasteiger partial charge in [0.15, 0.2) is 0 Å². The molecule has 1 unspecified atom stereocenters. The van der Waals surface area contributed by atoms with E-state index in [2.05, 4.69) is 48.0 Å². The van der Waals surface area contributed by atoms with Crippen molar-refractivity contribution in [3.8, 4) is 5.75 Å². The molecule has 0 spiro atoms. The van der Waals surface area contributed by atoms with Gasteiger partial charge in [0, 0.05) is 50.9 Å². The maximum absolute atomic E-state index is 6.00. The molecule has 2 aliphatic rings. The Morgan fingerprint density at radius 3 is 2.65 bits per heavy atom. The van der Waals surface area contributed by atoms with E-state index in [4.69, 9.17) is 4.74 Å². The van der Waals surface area contributed by atoms with Gasteiger partial charge in [0.2, 0.25) is 0 Å². The second kappa shape index (κ2) is 7.65. The Morgan fingerprint density at radius 2 is 1.96 bits per heavy atom. The molecule has 0 radical (unpaired) electrons. The number of fused-ring (bicyclic) bond motifs is 1. The third-order valence-electron chi connectivity index (χ3n) is 5.30. The highest BCUT2D eigenvalue weighted by Gasteiger charge is 2.25. The topological polar surface area (TPSA) is 27.7 Å². The first-order valence-electron chi connectivity index (χ1n) is 9.18. The molecule has 1 N–H and O–H groups in total. The lowest BCUT2D eigenvalue weighted by Crippen LogP contribution is -2.43. The average Bonchev–Trinajstić information content (AvgIpc) is 2.57. The van der Waals surface area contributed by atoms with Crippen LogP contribution in [-0.4, -0.2) is 55.7 Å². The fourth-order valence-electron chi connectivity index (χ4n) is 3.91. The van der Waals surface area contributed by atoms with Gasteiger partial charge in [-0.3, -0.25) is 9.80 Å². The summed E-state index contributed by atoms with van der Waals surface area (Å²) in [7, 11) is 0. The van der Waals surface area contributed by atoms with E-state index in [0.717, 1.165) is 58.0 Å². The Morgan fingerprint density at radius 1 is 1.17 bits per heavy atom. The van der Waals surface area contributed by atoms with Crippen LogP contribution in [0.25, 0.3) is 0 Å². The van der Waals surface area contributed by atoms with Crippen molar-refractivity contribution in [3.63, 3.8) is 0 Å². The Bertz CT molecular complexity index is 526. The van der Waals surface area contributed by atoms with Gasteiger partial charge >= 0.3 is 0 Å². The zero-order valence-corrected chi connectivity index (χ0v) is 14.9. The van der Waals surface area contributed by atoms with E-state index >= 15 is 0 Å². The molecule has 1 atom stereocenters. The molecule has 1 aromatic carbocycles. The number of ether oxygens (including phenoxy) is 1. The van der Waals surface area contributed by atoms with Crippen LogP contribution in [0.5, 0.6) is 5.75 Å². The van der Waals surface area contributed by atoms with Gasteiger partial charge in [-0.15, -0.1) is 0 Å². The molecule has 4 nitrogen and oxygen atoms in total. The Kier molecular flexibility index (Phi) is 5.57. The van der Waals surface area contributed by atoms with Crippen LogP contribution in [0.2, 0.25) is 0 Å². The first-order chi connectivity index (χ1) is 11.2. The lowest BCUT2D eigenvalue weighted by molar-refractivity contribution is 0.207. The summed E-state index contributed by atoms with van der Waals surface area (Å²) in [6.07, 6.45) is 1.16. The lowest BCUT2D eigenvalue weighted by Gasteiger charge is -2.35. The van der Waals surface area contributed by atoms with Gasteiger partial charge in [-0.1, -0.05) is 13.0 Å². The van der Waals surface area contributed by atoms with Crippen molar-refractivity contribution in [1.29, 1.82) is 0 Å². The maximum atomic E-state index is 6.00. The van der Waals surface area contributed by atoms with Gasteiger partial charge in [0.05, 0.1) is 6.61 Å². The summed E-state index contributed by atoms with van der Waals surface area (Å²) in [6.45, 7) is 15.1. The van der Waals surface area contributed by atoms with E-state index in [1.165, 1.54) is 23.2 Å². The van der Waals surface area contributed by atoms with Gasteiger partial charge in [-0.25, -0.2) is 0 Å². The van der Waals surface area contributed by atoms with Gasteiger partial charge < -0.3 is 10.1 Å². The number of hydrogen-bond donors (Lipinski definition) is 1. The predicted octanol–water partition coefficient (Wildman–Crippen LogP) is 2.43. The minimum atomic E-state index is 0.496. The Hall–Kier alpha value is -1.10. The van der Waals surface area contributed by atoms with E-state index in [1.807, 2.05) is 0 Å². The predicted molar refractivity (Wildman–Crippen MR) is 95.1 cm³/mol. The highest BCUT2D eigenvalue weighted by molar-refractivity contribution is 5.45. The summed E-state index contributed by atoms with van der Waals surface area (Å²) in [4.78, 5) is 5.08. The van der Waals surface area contributed by atoms with Gasteiger partial charge in [-0.05, 0) is 44.0 Å². The van der Waals surface area contributed by atoms with Crippen molar-refractivity contribution < 1.29 is 4.74 Å². The molecule has 4 heteroatoms. The van der Waals surface area contributed by atoms with E-state index in [0.29, 0.717) is 6.04 Å². The van der Waals surface area contributed by atoms with Crippen molar-refractivity contribution in [2.24, 2.45) is 0 Å².